The number of pyridine rings is 1. The first-order valence-electron chi connectivity index (χ1n) is 7.87. The fourth-order valence-electron chi connectivity index (χ4n) is 2.29. The van der Waals surface area contributed by atoms with Gasteiger partial charge in [0, 0.05) is 12.3 Å². The minimum Gasteiger partial charge on any atom is -0.364 e. The molecule has 27 heavy (non-hydrogen) atoms. The molecule has 138 valence electrons. The van der Waals surface area contributed by atoms with Crippen LogP contribution in [0.15, 0.2) is 61.1 Å². The highest BCUT2D eigenvalue weighted by atomic mass is 19.4. The number of aromatic nitrogens is 3. The van der Waals surface area contributed by atoms with Gasteiger partial charge in [-0.3, -0.25) is 9.78 Å². The molecule has 3 rings (SSSR count). The molecule has 0 atom stereocenters. The third-order valence-corrected chi connectivity index (χ3v) is 3.56. The van der Waals surface area contributed by atoms with E-state index in [2.05, 4.69) is 25.6 Å². The Hall–Kier alpha value is -3.49. The number of hydrogen-bond donors (Lipinski definition) is 2. The van der Waals surface area contributed by atoms with Crippen LogP contribution in [-0.2, 0) is 12.7 Å². The monoisotopic (exact) mass is 373 g/mol. The molecule has 0 unspecified atom stereocenters. The first-order chi connectivity index (χ1) is 12.9. The number of para-hydroxylation sites is 1. The van der Waals surface area contributed by atoms with Crippen molar-refractivity contribution >= 4 is 17.4 Å². The number of alkyl halides is 3. The summed E-state index contributed by atoms with van der Waals surface area (Å²) in [6, 6.07) is 11.5. The minimum atomic E-state index is -4.58. The average molecular weight is 373 g/mol. The van der Waals surface area contributed by atoms with Crippen molar-refractivity contribution in [3.8, 4) is 0 Å². The summed E-state index contributed by atoms with van der Waals surface area (Å²) in [7, 11) is 0. The Kier molecular flexibility index (Phi) is 5.30. The predicted molar refractivity (Wildman–Crippen MR) is 93.0 cm³/mol. The van der Waals surface area contributed by atoms with E-state index in [1.54, 1.807) is 12.3 Å². The Morgan fingerprint density at radius 2 is 1.78 bits per heavy atom. The zero-order valence-corrected chi connectivity index (χ0v) is 13.9. The van der Waals surface area contributed by atoms with E-state index in [4.69, 9.17) is 0 Å². The maximum atomic E-state index is 13.0. The summed E-state index contributed by atoms with van der Waals surface area (Å²) in [6.45, 7) is 0.371. The van der Waals surface area contributed by atoms with E-state index in [-0.39, 0.29) is 11.4 Å². The summed E-state index contributed by atoms with van der Waals surface area (Å²) >= 11 is 0. The van der Waals surface area contributed by atoms with E-state index in [9.17, 15) is 18.0 Å². The zero-order valence-electron chi connectivity index (χ0n) is 13.9. The van der Waals surface area contributed by atoms with Gasteiger partial charge in [0.25, 0.3) is 5.91 Å². The van der Waals surface area contributed by atoms with Crippen LogP contribution in [0, 0.1) is 0 Å². The number of halogens is 3. The van der Waals surface area contributed by atoms with E-state index in [1.165, 1.54) is 24.3 Å². The summed E-state index contributed by atoms with van der Waals surface area (Å²) in [5.41, 5.74) is -0.566. The van der Waals surface area contributed by atoms with Crippen LogP contribution in [0.1, 0.15) is 21.7 Å². The lowest BCUT2D eigenvalue weighted by Crippen LogP contribution is -2.18. The van der Waals surface area contributed by atoms with E-state index in [0.29, 0.717) is 12.4 Å². The van der Waals surface area contributed by atoms with Crippen LogP contribution in [-0.4, -0.2) is 20.9 Å². The summed E-state index contributed by atoms with van der Waals surface area (Å²) in [6.07, 6.45) is -1.77. The number of nitrogens with zero attached hydrogens (tertiary/aromatic N) is 3. The van der Waals surface area contributed by atoms with Crippen LogP contribution in [0.2, 0.25) is 0 Å². The summed E-state index contributed by atoms with van der Waals surface area (Å²) < 4.78 is 39.1. The predicted octanol–water partition coefficient (Wildman–Crippen LogP) is 3.75. The Labute approximate surface area is 152 Å². The van der Waals surface area contributed by atoms with Gasteiger partial charge in [-0.1, -0.05) is 18.2 Å². The summed E-state index contributed by atoms with van der Waals surface area (Å²) in [4.78, 5) is 24.3. The van der Waals surface area contributed by atoms with Crippen molar-refractivity contribution < 1.29 is 18.0 Å². The topological polar surface area (TPSA) is 79.8 Å². The van der Waals surface area contributed by atoms with Gasteiger partial charge in [0.2, 0.25) is 0 Å². The third-order valence-electron chi connectivity index (χ3n) is 3.56. The molecule has 0 aliphatic rings. The number of carbonyl (C=O) groups excluding carboxylic acids is 1. The number of hydrogen-bond acceptors (Lipinski definition) is 5. The number of amides is 1. The van der Waals surface area contributed by atoms with Crippen molar-refractivity contribution in [2.24, 2.45) is 0 Å². The second-order valence-electron chi connectivity index (χ2n) is 5.46. The van der Waals surface area contributed by atoms with Gasteiger partial charge in [-0.15, -0.1) is 0 Å². The van der Waals surface area contributed by atoms with Gasteiger partial charge in [-0.2, -0.15) is 13.2 Å². The number of nitrogens with one attached hydrogen (secondary N) is 2. The highest BCUT2D eigenvalue weighted by Gasteiger charge is 2.33. The van der Waals surface area contributed by atoms with Crippen LogP contribution >= 0.6 is 0 Å². The van der Waals surface area contributed by atoms with Gasteiger partial charge >= 0.3 is 6.18 Å². The van der Waals surface area contributed by atoms with Crippen molar-refractivity contribution in [2.45, 2.75) is 12.7 Å². The first-order valence-corrected chi connectivity index (χ1v) is 7.87. The summed E-state index contributed by atoms with van der Waals surface area (Å²) in [5.74, 6) is -0.417. The number of rotatable bonds is 5. The van der Waals surface area contributed by atoms with Gasteiger partial charge in [-0.05, 0) is 24.3 Å². The molecule has 1 amide bonds. The Bertz CT molecular complexity index is 932. The minimum absolute atomic E-state index is 0.0644. The molecule has 9 heteroatoms. The van der Waals surface area contributed by atoms with Gasteiger partial charge < -0.3 is 10.6 Å². The van der Waals surface area contributed by atoms with Crippen LogP contribution in [0.4, 0.5) is 24.7 Å². The van der Waals surface area contributed by atoms with E-state index < -0.39 is 17.6 Å². The lowest BCUT2D eigenvalue weighted by atomic mass is 10.1. The Balaban J connectivity index is 1.73. The second kappa shape index (κ2) is 7.81. The second-order valence-corrected chi connectivity index (χ2v) is 5.46. The molecule has 2 heterocycles. The molecule has 0 radical (unpaired) electrons. The SMILES string of the molecule is O=C(Nc1ccccc1C(F)(F)F)c1cc(NCc2ccccn2)ncn1. The average Bonchev–Trinajstić information content (AvgIpc) is 2.67. The van der Waals surface area contributed by atoms with E-state index >= 15 is 0 Å². The van der Waals surface area contributed by atoms with E-state index in [0.717, 1.165) is 18.1 Å². The van der Waals surface area contributed by atoms with Gasteiger partial charge in [0.15, 0.2) is 0 Å². The lowest BCUT2D eigenvalue weighted by Gasteiger charge is -2.13. The van der Waals surface area contributed by atoms with Gasteiger partial charge in [0.1, 0.15) is 17.8 Å². The highest BCUT2D eigenvalue weighted by molar-refractivity contribution is 6.03. The van der Waals surface area contributed by atoms with Crippen LogP contribution in [0.5, 0.6) is 0 Å². The van der Waals surface area contributed by atoms with Crippen LogP contribution < -0.4 is 10.6 Å². The molecule has 0 saturated carbocycles. The van der Waals surface area contributed by atoms with Crippen molar-refractivity contribution in [3.63, 3.8) is 0 Å². The number of carbonyl (C=O) groups is 1. The maximum Gasteiger partial charge on any atom is 0.418 e. The first kappa shape index (κ1) is 18.3. The zero-order chi connectivity index (χ0) is 19.3. The highest BCUT2D eigenvalue weighted by Crippen LogP contribution is 2.34. The summed E-state index contributed by atoms with van der Waals surface area (Å²) in [5, 5.41) is 5.23. The smallest absolute Gasteiger partial charge is 0.364 e. The van der Waals surface area contributed by atoms with Crippen LogP contribution in [0.25, 0.3) is 0 Å². The molecule has 3 aromatic rings. The molecule has 0 aliphatic heterocycles. The van der Waals surface area contributed by atoms with Gasteiger partial charge in [-0.25, -0.2) is 9.97 Å². The normalized spacial score (nSPS) is 11.1. The molecular weight excluding hydrogens is 359 g/mol. The van der Waals surface area contributed by atoms with Crippen molar-refractivity contribution in [3.05, 3.63) is 78.0 Å². The molecule has 0 aliphatic carbocycles. The Morgan fingerprint density at radius 1 is 1.00 bits per heavy atom. The third kappa shape index (κ3) is 4.78. The molecule has 6 nitrogen and oxygen atoms in total. The van der Waals surface area contributed by atoms with E-state index in [1.807, 2.05) is 12.1 Å². The molecule has 2 aromatic heterocycles. The Morgan fingerprint density at radius 3 is 2.52 bits per heavy atom. The molecule has 0 fully saturated rings. The molecule has 0 bridgehead atoms. The molecule has 1 aromatic carbocycles. The van der Waals surface area contributed by atoms with Crippen molar-refractivity contribution in [2.75, 3.05) is 10.6 Å². The number of benzene rings is 1. The molecule has 0 spiro atoms. The van der Waals surface area contributed by atoms with Crippen LogP contribution in [0.3, 0.4) is 0 Å². The quantitative estimate of drug-likeness (QED) is 0.712. The standard InChI is InChI=1S/C18H14F3N5O/c19-18(20,21)13-6-1-2-7-14(13)26-17(27)15-9-16(25-11-24-15)23-10-12-5-3-4-8-22-12/h1-9,11H,10H2,(H,26,27)(H,23,24,25). The molecule has 2 N–H and O–H groups in total. The molecule has 0 saturated heterocycles. The largest absolute Gasteiger partial charge is 0.418 e. The van der Waals surface area contributed by atoms with Gasteiger partial charge in [0.05, 0.1) is 23.5 Å². The fraction of sp³-hybridized carbons (Fsp3) is 0.111. The van der Waals surface area contributed by atoms with Crippen molar-refractivity contribution in [1.29, 1.82) is 0 Å². The molecular formula is C18H14F3N5O. The fourth-order valence-corrected chi connectivity index (χ4v) is 2.29. The number of anilines is 2. The lowest BCUT2D eigenvalue weighted by molar-refractivity contribution is -0.136. The maximum absolute atomic E-state index is 13.0. The van der Waals surface area contributed by atoms with Crippen molar-refractivity contribution in [1.82, 2.24) is 15.0 Å².